The molecule has 0 aliphatic carbocycles. The lowest BCUT2D eigenvalue weighted by Gasteiger charge is -2.37. The summed E-state index contributed by atoms with van der Waals surface area (Å²) in [7, 11) is 1.80. The minimum atomic E-state index is -3.90. The van der Waals surface area contributed by atoms with Crippen molar-refractivity contribution < 1.29 is 22.3 Å². The molecule has 0 radical (unpaired) electrons. The van der Waals surface area contributed by atoms with Crippen molar-refractivity contribution in [3.05, 3.63) is 22.0 Å². The van der Waals surface area contributed by atoms with Crippen LogP contribution < -0.4 is 4.90 Å². The van der Waals surface area contributed by atoms with Gasteiger partial charge in [0.1, 0.15) is 18.7 Å². The van der Waals surface area contributed by atoms with Crippen molar-refractivity contribution in [3.8, 4) is 0 Å². The van der Waals surface area contributed by atoms with Gasteiger partial charge in [-0.05, 0) is 28.7 Å². The molecule has 1 aliphatic heterocycles. The lowest BCUT2D eigenvalue weighted by molar-refractivity contribution is -0.380. The van der Waals surface area contributed by atoms with E-state index in [2.05, 4.69) is 32.3 Å². The molecule has 0 bridgehead atoms. The van der Waals surface area contributed by atoms with Gasteiger partial charge >= 0.3 is 12.2 Å². The molecular formula is C12H10F4IN3O. The quantitative estimate of drug-likeness (QED) is 0.530. The number of morpholine rings is 1. The number of aromatic nitrogens is 2. The number of fused-ring (bicyclic) bond motifs is 1. The summed E-state index contributed by atoms with van der Waals surface area (Å²) in [6.07, 6.45) is -4.67. The largest absolute Gasteiger partial charge is 0.377 e. The fourth-order valence-corrected chi connectivity index (χ4v) is 3.16. The van der Waals surface area contributed by atoms with E-state index in [-0.39, 0.29) is 5.69 Å². The van der Waals surface area contributed by atoms with Crippen molar-refractivity contribution in [2.24, 2.45) is 7.05 Å². The van der Waals surface area contributed by atoms with Gasteiger partial charge < -0.3 is 9.47 Å². The van der Waals surface area contributed by atoms with Crippen molar-refractivity contribution in [1.82, 2.24) is 9.55 Å². The van der Waals surface area contributed by atoms with Gasteiger partial charge in [-0.1, -0.05) is 0 Å². The molecule has 21 heavy (non-hydrogen) atoms. The predicted octanol–water partition coefficient (Wildman–Crippen LogP) is 3.20. The molecule has 2 aromatic rings. The first-order valence-corrected chi connectivity index (χ1v) is 7.06. The summed E-state index contributed by atoms with van der Waals surface area (Å²) in [6, 6.07) is 1.58. The second-order valence-electron chi connectivity index (χ2n) is 4.89. The number of halogens is 5. The number of anilines is 1. The van der Waals surface area contributed by atoms with Crippen LogP contribution in [0.25, 0.3) is 11.0 Å². The number of pyridine rings is 1. The normalized spacial score (nSPS) is 21.0. The second kappa shape index (κ2) is 4.70. The van der Waals surface area contributed by atoms with E-state index in [4.69, 9.17) is 0 Å². The Morgan fingerprint density at radius 3 is 2.48 bits per heavy atom. The van der Waals surface area contributed by atoms with Gasteiger partial charge in [-0.3, -0.25) is 4.74 Å². The van der Waals surface area contributed by atoms with Gasteiger partial charge in [0.15, 0.2) is 0 Å². The van der Waals surface area contributed by atoms with Crippen LogP contribution >= 0.6 is 22.6 Å². The van der Waals surface area contributed by atoms with Crippen molar-refractivity contribution in [3.63, 3.8) is 0 Å². The van der Waals surface area contributed by atoms with Crippen LogP contribution in [0.15, 0.2) is 18.5 Å². The highest BCUT2D eigenvalue weighted by Gasteiger charge is 2.51. The lowest BCUT2D eigenvalue weighted by Crippen LogP contribution is -2.55. The highest BCUT2D eigenvalue weighted by Crippen LogP contribution is 2.36. The highest BCUT2D eigenvalue weighted by molar-refractivity contribution is 14.1. The van der Waals surface area contributed by atoms with Gasteiger partial charge in [-0.15, -0.1) is 0 Å². The summed E-state index contributed by atoms with van der Waals surface area (Å²) < 4.78 is 59.2. The standard InChI is InChI=1S/C12H10F4IN3O/c1-19-4-9(17)8-2-7(3-18-10(8)19)20-5-11(13,14)21-12(15,16)6-20/h2-4H,5-6H2,1H3. The average Bonchev–Trinajstić information content (AvgIpc) is 2.61. The Balaban J connectivity index is 2.01. The molecule has 0 amide bonds. The van der Waals surface area contributed by atoms with E-state index in [0.29, 0.717) is 5.65 Å². The molecule has 0 spiro atoms. The minimum absolute atomic E-state index is 0.217. The first-order valence-electron chi connectivity index (χ1n) is 5.98. The third kappa shape index (κ3) is 2.80. The van der Waals surface area contributed by atoms with E-state index < -0.39 is 25.3 Å². The van der Waals surface area contributed by atoms with E-state index >= 15 is 0 Å². The molecule has 9 heteroatoms. The lowest BCUT2D eigenvalue weighted by atomic mass is 10.2. The molecule has 3 rings (SSSR count). The van der Waals surface area contributed by atoms with E-state index in [1.807, 2.05) is 6.20 Å². The van der Waals surface area contributed by atoms with Crippen molar-refractivity contribution in [2.45, 2.75) is 12.2 Å². The SMILES string of the molecule is Cn1cc(I)c2cc(N3CC(F)(F)OC(F)(F)C3)cnc21. The Kier molecular flexibility index (Phi) is 3.32. The third-order valence-corrected chi connectivity index (χ3v) is 4.02. The number of hydrogen-bond donors (Lipinski definition) is 0. The molecule has 1 aliphatic rings. The zero-order chi connectivity index (χ0) is 15.4. The fourth-order valence-electron chi connectivity index (χ4n) is 2.34. The monoisotopic (exact) mass is 415 g/mol. The Hall–Kier alpha value is -1.10. The number of nitrogens with zero attached hydrogens (tertiary/aromatic N) is 3. The van der Waals surface area contributed by atoms with E-state index in [9.17, 15) is 17.6 Å². The smallest absolute Gasteiger partial charge is 0.353 e. The number of hydrogen-bond acceptors (Lipinski definition) is 3. The molecule has 0 atom stereocenters. The maximum atomic E-state index is 13.3. The molecule has 1 saturated heterocycles. The van der Waals surface area contributed by atoms with Crippen molar-refractivity contribution in [1.29, 1.82) is 0 Å². The van der Waals surface area contributed by atoms with Crippen molar-refractivity contribution >= 4 is 39.3 Å². The summed E-state index contributed by atoms with van der Waals surface area (Å²) in [5, 5.41) is 0.730. The van der Waals surface area contributed by atoms with Gasteiger partial charge in [0, 0.05) is 22.2 Å². The molecule has 0 N–H and O–H groups in total. The zero-order valence-electron chi connectivity index (χ0n) is 10.8. The van der Waals surface area contributed by atoms with Crippen LogP contribution in [0.2, 0.25) is 0 Å². The number of ether oxygens (including phenoxy) is 1. The highest BCUT2D eigenvalue weighted by atomic mass is 127. The van der Waals surface area contributed by atoms with Gasteiger partial charge in [0.25, 0.3) is 0 Å². The molecular weight excluding hydrogens is 405 g/mol. The summed E-state index contributed by atoms with van der Waals surface area (Å²) in [5.74, 6) is 0. The van der Waals surface area contributed by atoms with Crippen LogP contribution in [0.1, 0.15) is 0 Å². The van der Waals surface area contributed by atoms with Crippen LogP contribution in [0.4, 0.5) is 23.2 Å². The predicted molar refractivity (Wildman–Crippen MR) is 76.6 cm³/mol. The molecule has 4 nitrogen and oxygen atoms in total. The van der Waals surface area contributed by atoms with Crippen LogP contribution in [0, 0.1) is 3.57 Å². The molecule has 0 saturated carbocycles. The number of aryl methyl sites for hydroxylation is 1. The maximum absolute atomic E-state index is 13.3. The number of alkyl halides is 4. The van der Waals surface area contributed by atoms with Crippen LogP contribution in [-0.4, -0.2) is 34.9 Å². The fraction of sp³-hybridized carbons (Fsp3) is 0.417. The topological polar surface area (TPSA) is 30.3 Å². The van der Waals surface area contributed by atoms with Gasteiger partial charge in [-0.2, -0.15) is 17.6 Å². The van der Waals surface area contributed by atoms with Crippen LogP contribution in [-0.2, 0) is 11.8 Å². The molecule has 114 valence electrons. The Labute approximate surface area is 130 Å². The average molecular weight is 415 g/mol. The minimum Gasteiger partial charge on any atom is -0.353 e. The van der Waals surface area contributed by atoms with Gasteiger partial charge in [0.2, 0.25) is 0 Å². The Morgan fingerprint density at radius 2 is 1.86 bits per heavy atom. The molecule has 0 aromatic carbocycles. The summed E-state index contributed by atoms with van der Waals surface area (Å²) >= 11 is 2.08. The Morgan fingerprint density at radius 1 is 1.24 bits per heavy atom. The van der Waals surface area contributed by atoms with Gasteiger partial charge in [0.05, 0.1) is 11.9 Å². The van der Waals surface area contributed by atoms with E-state index in [0.717, 1.165) is 13.9 Å². The summed E-state index contributed by atoms with van der Waals surface area (Å²) in [5.41, 5.74) is 0.879. The molecule has 2 aromatic heterocycles. The van der Waals surface area contributed by atoms with Crippen LogP contribution in [0.3, 0.4) is 0 Å². The number of rotatable bonds is 1. The molecule has 1 fully saturated rings. The van der Waals surface area contributed by atoms with Crippen molar-refractivity contribution in [2.75, 3.05) is 18.0 Å². The third-order valence-electron chi connectivity index (χ3n) is 3.16. The van der Waals surface area contributed by atoms with E-state index in [1.54, 1.807) is 17.7 Å². The summed E-state index contributed by atoms with van der Waals surface area (Å²) in [4.78, 5) is 5.05. The van der Waals surface area contributed by atoms with Crippen LogP contribution in [0.5, 0.6) is 0 Å². The van der Waals surface area contributed by atoms with Gasteiger partial charge in [-0.25, -0.2) is 4.98 Å². The second-order valence-corrected chi connectivity index (χ2v) is 6.05. The first-order chi connectivity index (χ1) is 9.67. The zero-order valence-corrected chi connectivity index (χ0v) is 12.9. The molecule has 0 unspecified atom stereocenters. The molecule has 3 heterocycles. The summed E-state index contributed by atoms with van der Waals surface area (Å²) in [6.45, 7) is -1.86. The van der Waals surface area contributed by atoms with E-state index in [1.165, 1.54) is 6.20 Å². The first kappa shape index (κ1) is 14.8. The Bertz CT molecular complexity index is 687. The maximum Gasteiger partial charge on any atom is 0.377 e.